The highest BCUT2D eigenvalue weighted by atomic mass is 16.5. The first kappa shape index (κ1) is 20.3. The van der Waals surface area contributed by atoms with Crippen molar-refractivity contribution >= 4 is 11.8 Å². The van der Waals surface area contributed by atoms with Gasteiger partial charge in [0, 0.05) is 38.0 Å². The molecular formula is C20H23N5O4. The molecule has 0 spiro atoms. The summed E-state index contributed by atoms with van der Waals surface area (Å²) in [5.41, 5.74) is 2.30. The molecule has 0 bridgehead atoms. The van der Waals surface area contributed by atoms with Gasteiger partial charge in [-0.05, 0) is 24.6 Å². The van der Waals surface area contributed by atoms with Crippen molar-refractivity contribution in [1.29, 1.82) is 0 Å². The van der Waals surface area contributed by atoms with Crippen LogP contribution in [0, 0.1) is 0 Å². The van der Waals surface area contributed by atoms with E-state index in [0.717, 1.165) is 11.3 Å². The van der Waals surface area contributed by atoms with Gasteiger partial charge in [0.05, 0.1) is 25.5 Å². The molecule has 2 aromatic heterocycles. The van der Waals surface area contributed by atoms with E-state index in [9.17, 15) is 14.7 Å². The first-order valence-electron chi connectivity index (χ1n) is 9.22. The number of rotatable bonds is 8. The molecule has 0 fully saturated rings. The lowest BCUT2D eigenvalue weighted by Crippen LogP contribution is -2.28. The molecule has 9 heteroatoms. The van der Waals surface area contributed by atoms with Gasteiger partial charge in [-0.3, -0.25) is 14.4 Å². The van der Waals surface area contributed by atoms with Gasteiger partial charge in [-0.25, -0.2) is 9.48 Å². The molecular weight excluding hydrogens is 374 g/mol. The zero-order valence-electron chi connectivity index (χ0n) is 16.4. The normalized spacial score (nSPS) is 10.8. The van der Waals surface area contributed by atoms with Crippen LogP contribution in [0.25, 0.3) is 5.69 Å². The maximum atomic E-state index is 12.3. The highest BCUT2D eigenvalue weighted by Gasteiger charge is 2.13. The summed E-state index contributed by atoms with van der Waals surface area (Å²) in [5, 5.41) is 18.0. The predicted molar refractivity (Wildman–Crippen MR) is 108 cm³/mol. The van der Waals surface area contributed by atoms with Gasteiger partial charge in [-0.1, -0.05) is 12.1 Å². The zero-order chi connectivity index (χ0) is 20.8. The minimum Gasteiger partial charge on any atom is -0.465 e. The van der Waals surface area contributed by atoms with Gasteiger partial charge in [0.2, 0.25) is 5.43 Å². The summed E-state index contributed by atoms with van der Waals surface area (Å²) in [4.78, 5) is 24.9. The number of hydrogen-bond acceptors (Lipinski definition) is 5. The highest BCUT2D eigenvalue weighted by molar-refractivity contribution is 5.85. The average Bonchev–Trinajstić information content (AvgIpc) is 3.17. The predicted octanol–water partition coefficient (Wildman–Crippen LogP) is 2.17. The fraction of sp³-hybridized carbons (Fsp3) is 0.300. The SMILES string of the molecule is CCN(C(=O)O)c1cccc(Cc2nn(-c3cnn(CCOC)c3)ccc2=O)c1. The summed E-state index contributed by atoms with van der Waals surface area (Å²) in [7, 11) is 1.63. The Labute approximate surface area is 167 Å². The Morgan fingerprint density at radius 2 is 2.14 bits per heavy atom. The second kappa shape index (κ2) is 9.16. The minimum atomic E-state index is -1.02. The van der Waals surface area contributed by atoms with Crippen molar-refractivity contribution in [3.63, 3.8) is 0 Å². The van der Waals surface area contributed by atoms with Crippen molar-refractivity contribution in [2.45, 2.75) is 19.9 Å². The van der Waals surface area contributed by atoms with E-state index in [1.54, 1.807) is 54.0 Å². The number of benzene rings is 1. The Hall–Kier alpha value is -3.46. The van der Waals surface area contributed by atoms with E-state index in [1.807, 2.05) is 12.3 Å². The summed E-state index contributed by atoms with van der Waals surface area (Å²) in [6.45, 7) is 3.27. The van der Waals surface area contributed by atoms with Gasteiger partial charge in [-0.15, -0.1) is 0 Å². The van der Waals surface area contributed by atoms with Gasteiger partial charge >= 0.3 is 6.09 Å². The van der Waals surface area contributed by atoms with Crippen LogP contribution in [0.4, 0.5) is 10.5 Å². The van der Waals surface area contributed by atoms with Crippen LogP contribution in [0.2, 0.25) is 0 Å². The number of hydrogen-bond donors (Lipinski definition) is 1. The lowest BCUT2D eigenvalue weighted by atomic mass is 10.1. The average molecular weight is 397 g/mol. The Bertz CT molecular complexity index is 1040. The molecule has 1 aromatic carbocycles. The van der Waals surface area contributed by atoms with Gasteiger partial charge < -0.3 is 9.84 Å². The molecule has 1 amide bonds. The topological polar surface area (TPSA) is 102 Å². The van der Waals surface area contributed by atoms with Gasteiger partial charge in [0.1, 0.15) is 11.4 Å². The summed E-state index contributed by atoms with van der Waals surface area (Å²) in [6, 6.07) is 8.58. The fourth-order valence-corrected chi connectivity index (χ4v) is 2.95. The Morgan fingerprint density at radius 3 is 2.86 bits per heavy atom. The second-order valence-electron chi connectivity index (χ2n) is 6.40. The number of carboxylic acid groups (broad SMARTS) is 1. The molecule has 0 aliphatic rings. The number of ether oxygens (including phenoxy) is 1. The van der Waals surface area contributed by atoms with Crippen LogP contribution in [0.3, 0.4) is 0 Å². The van der Waals surface area contributed by atoms with E-state index in [-0.39, 0.29) is 5.43 Å². The molecule has 0 atom stereocenters. The summed E-state index contributed by atoms with van der Waals surface area (Å²) in [6.07, 6.45) is 4.37. The number of carbonyl (C=O) groups is 1. The van der Waals surface area contributed by atoms with E-state index in [0.29, 0.717) is 37.5 Å². The number of aromatic nitrogens is 4. The van der Waals surface area contributed by atoms with Crippen molar-refractivity contribution in [1.82, 2.24) is 19.6 Å². The monoisotopic (exact) mass is 397 g/mol. The molecule has 0 saturated carbocycles. The van der Waals surface area contributed by atoms with Crippen molar-refractivity contribution in [3.8, 4) is 5.69 Å². The van der Waals surface area contributed by atoms with Crippen LogP contribution in [0.1, 0.15) is 18.2 Å². The quantitative estimate of drug-likeness (QED) is 0.625. The molecule has 9 nitrogen and oxygen atoms in total. The zero-order valence-corrected chi connectivity index (χ0v) is 16.4. The van der Waals surface area contributed by atoms with E-state index in [2.05, 4.69) is 10.2 Å². The van der Waals surface area contributed by atoms with Gasteiger partial charge in [-0.2, -0.15) is 10.2 Å². The number of amides is 1. The van der Waals surface area contributed by atoms with Gasteiger partial charge in [0.25, 0.3) is 0 Å². The van der Waals surface area contributed by atoms with E-state index >= 15 is 0 Å². The van der Waals surface area contributed by atoms with Gasteiger partial charge in [0.15, 0.2) is 0 Å². The van der Waals surface area contributed by atoms with E-state index < -0.39 is 6.09 Å². The van der Waals surface area contributed by atoms with E-state index in [4.69, 9.17) is 4.74 Å². The maximum Gasteiger partial charge on any atom is 0.411 e. The first-order chi connectivity index (χ1) is 14.0. The molecule has 152 valence electrons. The second-order valence-corrected chi connectivity index (χ2v) is 6.40. The number of methoxy groups -OCH3 is 1. The molecule has 29 heavy (non-hydrogen) atoms. The third-order valence-corrected chi connectivity index (χ3v) is 4.43. The molecule has 1 N–H and O–H groups in total. The molecule has 0 unspecified atom stereocenters. The molecule has 0 aliphatic carbocycles. The highest BCUT2D eigenvalue weighted by Crippen LogP contribution is 2.18. The summed E-state index contributed by atoms with van der Waals surface area (Å²) >= 11 is 0. The van der Waals surface area contributed by atoms with Crippen molar-refractivity contribution in [2.24, 2.45) is 0 Å². The molecule has 0 saturated heterocycles. The Kier molecular flexibility index (Phi) is 6.40. The van der Waals surface area contributed by atoms with Crippen LogP contribution < -0.4 is 10.3 Å². The van der Waals surface area contributed by atoms with E-state index in [1.165, 1.54) is 11.0 Å². The largest absolute Gasteiger partial charge is 0.465 e. The number of anilines is 1. The van der Waals surface area contributed by atoms with Crippen LogP contribution in [-0.2, 0) is 17.7 Å². The molecule has 0 aliphatic heterocycles. The molecule has 2 heterocycles. The molecule has 3 aromatic rings. The fourth-order valence-electron chi connectivity index (χ4n) is 2.95. The smallest absolute Gasteiger partial charge is 0.411 e. The van der Waals surface area contributed by atoms with Crippen LogP contribution >= 0.6 is 0 Å². The maximum absolute atomic E-state index is 12.3. The van der Waals surface area contributed by atoms with Crippen molar-refractivity contribution in [2.75, 3.05) is 25.2 Å². The summed E-state index contributed by atoms with van der Waals surface area (Å²) in [5.74, 6) is 0. The van der Waals surface area contributed by atoms with Crippen molar-refractivity contribution in [3.05, 3.63) is 70.4 Å². The minimum absolute atomic E-state index is 0.177. The molecule has 0 radical (unpaired) electrons. The third kappa shape index (κ3) is 4.88. The number of nitrogens with zero attached hydrogens (tertiary/aromatic N) is 5. The first-order valence-corrected chi connectivity index (χ1v) is 9.22. The lowest BCUT2D eigenvalue weighted by Gasteiger charge is -2.17. The van der Waals surface area contributed by atoms with Crippen molar-refractivity contribution < 1.29 is 14.6 Å². The van der Waals surface area contributed by atoms with Crippen LogP contribution in [-0.4, -0.2) is 51.0 Å². The Morgan fingerprint density at radius 1 is 1.31 bits per heavy atom. The van der Waals surface area contributed by atoms with Crippen LogP contribution in [0.15, 0.2) is 53.7 Å². The molecule has 3 rings (SSSR count). The third-order valence-electron chi connectivity index (χ3n) is 4.43. The lowest BCUT2D eigenvalue weighted by molar-refractivity contribution is 0.183. The Balaban J connectivity index is 1.85. The summed E-state index contributed by atoms with van der Waals surface area (Å²) < 4.78 is 8.39. The standard InChI is InChI=1S/C20H23N5O4/c1-3-24(20(27)28)16-6-4-5-15(11-16)12-18-19(26)7-8-25(22-18)17-13-21-23(14-17)9-10-29-2/h4-8,11,13-14H,3,9-10,12H2,1-2H3,(H,27,28). The van der Waals surface area contributed by atoms with Crippen LogP contribution in [0.5, 0.6) is 0 Å².